The molecule has 8 nitrogen and oxygen atoms in total. The van der Waals surface area contributed by atoms with Gasteiger partial charge >= 0.3 is 12.0 Å². The molecule has 1 fully saturated rings. The Balaban J connectivity index is 2.45. The van der Waals surface area contributed by atoms with E-state index >= 15 is 0 Å². The van der Waals surface area contributed by atoms with Gasteiger partial charge in [-0.2, -0.15) is 0 Å². The van der Waals surface area contributed by atoms with E-state index in [1.54, 1.807) is 0 Å². The number of nitrogens with zero attached hydrogens (tertiary/aromatic N) is 2. The zero-order valence-electron chi connectivity index (χ0n) is 11.7. The SMILES string of the molecule is CN(C)S(=O)(=O)CCNC(=O)N1CCCC1CC(=O)O. The topological polar surface area (TPSA) is 107 Å². The highest BCUT2D eigenvalue weighted by atomic mass is 32.2. The number of likely N-dealkylation sites (tertiary alicyclic amines) is 1. The predicted molar refractivity (Wildman–Crippen MR) is 72.9 cm³/mol. The van der Waals surface area contributed by atoms with Crippen LogP contribution >= 0.6 is 0 Å². The lowest BCUT2D eigenvalue weighted by Gasteiger charge is -2.24. The van der Waals surface area contributed by atoms with Crippen LogP contribution in [-0.4, -0.2) is 73.7 Å². The molecule has 0 saturated carbocycles. The van der Waals surface area contributed by atoms with E-state index in [9.17, 15) is 18.0 Å². The third-order valence-corrected chi connectivity index (χ3v) is 5.07. The Morgan fingerprint density at radius 2 is 2.05 bits per heavy atom. The number of sulfonamides is 1. The van der Waals surface area contributed by atoms with Crippen LogP contribution < -0.4 is 5.32 Å². The molecule has 0 aromatic heterocycles. The first kappa shape index (κ1) is 16.7. The van der Waals surface area contributed by atoms with Crippen LogP contribution in [0.5, 0.6) is 0 Å². The molecule has 116 valence electrons. The Hall–Kier alpha value is -1.35. The number of carbonyl (C=O) groups excluding carboxylic acids is 1. The third-order valence-electron chi connectivity index (χ3n) is 3.24. The predicted octanol–water partition coefficient (Wildman–Crippen LogP) is -0.473. The van der Waals surface area contributed by atoms with Crippen LogP contribution in [0.25, 0.3) is 0 Å². The van der Waals surface area contributed by atoms with E-state index in [0.717, 1.165) is 10.7 Å². The van der Waals surface area contributed by atoms with E-state index < -0.39 is 22.0 Å². The van der Waals surface area contributed by atoms with Crippen LogP contribution in [0.4, 0.5) is 4.79 Å². The zero-order valence-corrected chi connectivity index (χ0v) is 12.5. The molecule has 0 aliphatic carbocycles. The van der Waals surface area contributed by atoms with Gasteiger partial charge in [0.15, 0.2) is 0 Å². The summed E-state index contributed by atoms with van der Waals surface area (Å²) >= 11 is 0. The minimum absolute atomic E-state index is 0.00956. The van der Waals surface area contributed by atoms with Crippen molar-refractivity contribution in [2.45, 2.75) is 25.3 Å². The first-order valence-electron chi connectivity index (χ1n) is 6.40. The summed E-state index contributed by atoms with van der Waals surface area (Å²) in [6.07, 6.45) is 1.35. The Labute approximate surface area is 118 Å². The Morgan fingerprint density at radius 3 is 2.60 bits per heavy atom. The Morgan fingerprint density at radius 1 is 1.40 bits per heavy atom. The number of rotatable bonds is 6. The monoisotopic (exact) mass is 307 g/mol. The molecule has 1 heterocycles. The second-order valence-electron chi connectivity index (χ2n) is 4.92. The fourth-order valence-electron chi connectivity index (χ4n) is 2.09. The van der Waals surface area contributed by atoms with Gasteiger partial charge in [0.1, 0.15) is 0 Å². The highest BCUT2D eigenvalue weighted by Gasteiger charge is 2.30. The molecule has 0 aromatic rings. The maximum absolute atomic E-state index is 11.9. The summed E-state index contributed by atoms with van der Waals surface area (Å²) in [6.45, 7) is 0.514. The van der Waals surface area contributed by atoms with E-state index in [-0.39, 0.29) is 24.8 Å². The fourth-order valence-corrected chi connectivity index (χ4v) is 2.81. The number of carbonyl (C=O) groups is 2. The molecule has 0 spiro atoms. The number of carboxylic acid groups (broad SMARTS) is 1. The molecular weight excluding hydrogens is 286 g/mol. The molecule has 1 rings (SSSR count). The number of carboxylic acids is 1. The largest absolute Gasteiger partial charge is 0.481 e. The number of hydrogen-bond donors (Lipinski definition) is 2. The highest BCUT2D eigenvalue weighted by molar-refractivity contribution is 7.89. The molecule has 20 heavy (non-hydrogen) atoms. The summed E-state index contributed by atoms with van der Waals surface area (Å²) < 4.78 is 24.2. The van der Waals surface area contributed by atoms with Crippen molar-refractivity contribution in [1.29, 1.82) is 0 Å². The smallest absolute Gasteiger partial charge is 0.317 e. The zero-order chi connectivity index (χ0) is 15.3. The van der Waals surface area contributed by atoms with Crippen molar-refractivity contribution in [2.75, 3.05) is 32.9 Å². The minimum Gasteiger partial charge on any atom is -0.481 e. The van der Waals surface area contributed by atoms with Crippen molar-refractivity contribution in [3.63, 3.8) is 0 Å². The van der Waals surface area contributed by atoms with Crippen molar-refractivity contribution in [3.8, 4) is 0 Å². The molecule has 9 heteroatoms. The number of amides is 2. The Kier molecular flexibility index (Phi) is 5.75. The quantitative estimate of drug-likeness (QED) is 0.689. The lowest BCUT2D eigenvalue weighted by molar-refractivity contribution is -0.137. The van der Waals surface area contributed by atoms with Gasteiger partial charge in [-0.1, -0.05) is 0 Å². The number of hydrogen-bond acceptors (Lipinski definition) is 4. The van der Waals surface area contributed by atoms with E-state index in [1.165, 1.54) is 19.0 Å². The maximum atomic E-state index is 11.9. The average molecular weight is 307 g/mol. The van der Waals surface area contributed by atoms with Gasteiger partial charge in [-0.25, -0.2) is 17.5 Å². The van der Waals surface area contributed by atoms with Crippen LogP contribution in [0.3, 0.4) is 0 Å². The molecule has 1 atom stereocenters. The highest BCUT2D eigenvalue weighted by Crippen LogP contribution is 2.19. The number of nitrogens with one attached hydrogen (secondary N) is 1. The standard InChI is InChI=1S/C11H21N3O5S/c1-13(2)20(18,19)7-5-12-11(17)14-6-3-4-9(14)8-10(15)16/h9H,3-8H2,1-2H3,(H,12,17)(H,15,16). The lowest BCUT2D eigenvalue weighted by Crippen LogP contribution is -2.45. The van der Waals surface area contributed by atoms with Crippen molar-refractivity contribution in [3.05, 3.63) is 0 Å². The molecule has 0 aromatic carbocycles. The van der Waals surface area contributed by atoms with Crippen molar-refractivity contribution < 1.29 is 23.1 Å². The van der Waals surface area contributed by atoms with Crippen LogP contribution in [0.1, 0.15) is 19.3 Å². The number of urea groups is 1. The molecule has 0 radical (unpaired) electrons. The van der Waals surface area contributed by atoms with Gasteiger partial charge in [0, 0.05) is 33.2 Å². The normalized spacial score (nSPS) is 19.4. The molecule has 2 amide bonds. The van der Waals surface area contributed by atoms with Gasteiger partial charge in [-0.15, -0.1) is 0 Å². The molecule has 1 saturated heterocycles. The molecule has 2 N–H and O–H groups in total. The van der Waals surface area contributed by atoms with Crippen LogP contribution in [0.2, 0.25) is 0 Å². The van der Waals surface area contributed by atoms with Crippen molar-refractivity contribution in [1.82, 2.24) is 14.5 Å². The summed E-state index contributed by atoms with van der Waals surface area (Å²) in [4.78, 5) is 24.1. The van der Waals surface area contributed by atoms with Crippen LogP contribution in [0, 0.1) is 0 Å². The van der Waals surface area contributed by atoms with E-state index in [1.807, 2.05) is 0 Å². The van der Waals surface area contributed by atoms with Gasteiger partial charge in [0.2, 0.25) is 10.0 Å². The first-order chi connectivity index (χ1) is 9.24. The molecule has 0 bridgehead atoms. The fraction of sp³-hybridized carbons (Fsp3) is 0.818. The second kappa shape index (κ2) is 6.89. The summed E-state index contributed by atoms with van der Waals surface area (Å²) in [5.41, 5.74) is 0. The summed E-state index contributed by atoms with van der Waals surface area (Å²) in [5, 5.41) is 11.3. The average Bonchev–Trinajstić information content (AvgIpc) is 2.75. The van der Waals surface area contributed by atoms with Crippen LogP contribution in [0.15, 0.2) is 0 Å². The van der Waals surface area contributed by atoms with Crippen molar-refractivity contribution in [2.24, 2.45) is 0 Å². The minimum atomic E-state index is -3.34. The summed E-state index contributed by atoms with van der Waals surface area (Å²) in [5.74, 6) is -1.12. The first-order valence-corrected chi connectivity index (χ1v) is 8.01. The van der Waals surface area contributed by atoms with E-state index in [2.05, 4.69) is 5.32 Å². The van der Waals surface area contributed by atoms with E-state index in [0.29, 0.717) is 13.0 Å². The second-order valence-corrected chi connectivity index (χ2v) is 7.22. The van der Waals surface area contributed by atoms with E-state index in [4.69, 9.17) is 5.11 Å². The van der Waals surface area contributed by atoms with Gasteiger partial charge in [0.25, 0.3) is 0 Å². The molecule has 1 unspecified atom stereocenters. The maximum Gasteiger partial charge on any atom is 0.317 e. The number of aliphatic carboxylic acids is 1. The van der Waals surface area contributed by atoms with Gasteiger partial charge in [-0.3, -0.25) is 4.79 Å². The summed E-state index contributed by atoms with van der Waals surface area (Å²) in [7, 11) is -0.482. The lowest BCUT2D eigenvalue weighted by atomic mass is 10.1. The van der Waals surface area contributed by atoms with Gasteiger partial charge in [-0.05, 0) is 12.8 Å². The molecule has 1 aliphatic rings. The Bertz CT molecular complexity index is 463. The van der Waals surface area contributed by atoms with Crippen LogP contribution in [-0.2, 0) is 14.8 Å². The summed E-state index contributed by atoms with van der Waals surface area (Å²) in [6, 6.07) is -0.708. The molecular formula is C11H21N3O5S. The van der Waals surface area contributed by atoms with Crippen molar-refractivity contribution >= 4 is 22.0 Å². The van der Waals surface area contributed by atoms with Gasteiger partial charge in [0.05, 0.1) is 12.2 Å². The van der Waals surface area contributed by atoms with Gasteiger partial charge < -0.3 is 15.3 Å². The molecule has 1 aliphatic heterocycles. The third kappa shape index (κ3) is 4.64.